The van der Waals surface area contributed by atoms with Crippen LogP contribution >= 0.6 is 0 Å². The van der Waals surface area contributed by atoms with Crippen molar-refractivity contribution in [1.82, 2.24) is 4.98 Å². The maximum Gasteiger partial charge on any atom is 0.248 e. The molecule has 5 heteroatoms. The monoisotopic (exact) mass is 412 g/mol. The Balaban J connectivity index is 1.55. The number of rotatable bonds is 5. The summed E-state index contributed by atoms with van der Waals surface area (Å²) in [5, 5.41) is 2.95. The Morgan fingerprint density at radius 1 is 0.968 bits per heavy atom. The largest absolute Gasteiger partial charge is 0.497 e. The molecule has 1 N–H and O–H groups in total. The Morgan fingerprint density at radius 2 is 1.71 bits per heavy atom. The van der Waals surface area contributed by atoms with Crippen LogP contribution in [0, 0.1) is 20.8 Å². The topological polar surface area (TPSA) is 64.4 Å². The van der Waals surface area contributed by atoms with Crippen LogP contribution in [0.1, 0.15) is 22.3 Å². The third-order valence-electron chi connectivity index (χ3n) is 5.29. The second-order valence-electron chi connectivity index (χ2n) is 7.55. The number of anilines is 1. The normalized spacial score (nSPS) is 11.2. The molecule has 4 aromatic rings. The van der Waals surface area contributed by atoms with Crippen molar-refractivity contribution in [1.29, 1.82) is 0 Å². The molecule has 0 aliphatic carbocycles. The number of benzene rings is 3. The van der Waals surface area contributed by atoms with Gasteiger partial charge in [0, 0.05) is 17.3 Å². The van der Waals surface area contributed by atoms with Gasteiger partial charge in [-0.1, -0.05) is 18.2 Å². The lowest BCUT2D eigenvalue weighted by molar-refractivity contribution is -0.111. The summed E-state index contributed by atoms with van der Waals surface area (Å²) in [5.74, 6) is 1.10. The summed E-state index contributed by atoms with van der Waals surface area (Å²) in [4.78, 5) is 17.1. The van der Waals surface area contributed by atoms with E-state index in [0.717, 1.165) is 44.8 Å². The van der Waals surface area contributed by atoms with Crippen molar-refractivity contribution in [2.45, 2.75) is 20.8 Å². The fourth-order valence-electron chi connectivity index (χ4n) is 3.25. The van der Waals surface area contributed by atoms with Gasteiger partial charge in [-0.3, -0.25) is 4.79 Å². The van der Waals surface area contributed by atoms with Gasteiger partial charge >= 0.3 is 0 Å². The fourth-order valence-corrected chi connectivity index (χ4v) is 3.25. The summed E-state index contributed by atoms with van der Waals surface area (Å²) in [6.45, 7) is 6.06. The van der Waals surface area contributed by atoms with E-state index in [2.05, 4.69) is 24.1 Å². The Bertz CT molecular complexity index is 1250. The lowest BCUT2D eigenvalue weighted by atomic mass is 10.1. The lowest BCUT2D eigenvalue weighted by Crippen LogP contribution is -2.09. The Hall–Kier alpha value is -3.86. The molecule has 0 saturated heterocycles. The number of amides is 1. The SMILES string of the molecule is COc1ccc(/C=C/C(=O)Nc2cc(-c3nc4cc(C)c(C)cc4o3)ccc2C)cc1. The third kappa shape index (κ3) is 4.51. The van der Waals surface area contributed by atoms with Crippen LogP contribution in [0.3, 0.4) is 0 Å². The number of hydrogen-bond acceptors (Lipinski definition) is 4. The molecule has 1 heterocycles. The number of ether oxygens (including phenoxy) is 1. The van der Waals surface area contributed by atoms with E-state index >= 15 is 0 Å². The van der Waals surface area contributed by atoms with Crippen LogP contribution in [-0.2, 0) is 4.79 Å². The number of aromatic nitrogens is 1. The van der Waals surface area contributed by atoms with Gasteiger partial charge in [-0.05, 0) is 85.5 Å². The molecule has 1 aromatic heterocycles. The summed E-state index contributed by atoms with van der Waals surface area (Å²) in [6, 6.07) is 17.3. The molecule has 1 amide bonds. The van der Waals surface area contributed by atoms with Gasteiger partial charge in [-0.15, -0.1) is 0 Å². The molecule has 31 heavy (non-hydrogen) atoms. The Labute approximate surface area is 181 Å². The number of nitrogens with one attached hydrogen (secondary N) is 1. The first kappa shape index (κ1) is 20.4. The zero-order valence-electron chi connectivity index (χ0n) is 18.0. The molecule has 0 saturated carbocycles. The zero-order chi connectivity index (χ0) is 22.0. The summed E-state index contributed by atoms with van der Waals surface area (Å²) in [6.07, 6.45) is 3.28. The van der Waals surface area contributed by atoms with Crippen molar-refractivity contribution in [2.24, 2.45) is 0 Å². The quantitative estimate of drug-likeness (QED) is 0.404. The molecule has 0 spiro atoms. The van der Waals surface area contributed by atoms with Gasteiger partial charge in [-0.25, -0.2) is 4.98 Å². The van der Waals surface area contributed by atoms with Gasteiger partial charge in [0.2, 0.25) is 11.8 Å². The average molecular weight is 412 g/mol. The van der Waals surface area contributed by atoms with E-state index in [1.165, 1.54) is 11.6 Å². The molecule has 3 aromatic carbocycles. The highest BCUT2D eigenvalue weighted by atomic mass is 16.5. The number of carbonyl (C=O) groups excluding carboxylic acids is 1. The Morgan fingerprint density at radius 3 is 2.45 bits per heavy atom. The highest BCUT2D eigenvalue weighted by Crippen LogP contribution is 2.29. The van der Waals surface area contributed by atoms with E-state index in [4.69, 9.17) is 9.15 Å². The summed E-state index contributed by atoms with van der Waals surface area (Å²) >= 11 is 0. The molecule has 0 radical (unpaired) electrons. The van der Waals surface area contributed by atoms with Crippen LogP contribution in [0.4, 0.5) is 5.69 Å². The standard InChI is InChI=1S/C26H24N2O3/c1-16-5-9-20(26-28-23-13-17(2)18(3)14-24(23)31-26)15-22(16)27-25(29)12-8-19-6-10-21(30-4)11-7-19/h5-15H,1-4H3,(H,27,29)/b12-8+. The predicted octanol–water partition coefficient (Wildman–Crippen LogP) is 6.08. The number of aryl methyl sites for hydroxylation is 3. The van der Waals surface area contributed by atoms with E-state index in [0.29, 0.717) is 5.89 Å². The maximum absolute atomic E-state index is 12.5. The molecule has 0 bridgehead atoms. The van der Waals surface area contributed by atoms with E-state index in [1.54, 1.807) is 13.2 Å². The number of methoxy groups -OCH3 is 1. The van der Waals surface area contributed by atoms with E-state index < -0.39 is 0 Å². The lowest BCUT2D eigenvalue weighted by Gasteiger charge is -2.08. The molecule has 0 aliphatic rings. The van der Waals surface area contributed by atoms with Crippen molar-refractivity contribution in [3.63, 3.8) is 0 Å². The van der Waals surface area contributed by atoms with Gasteiger partial charge in [0.25, 0.3) is 0 Å². The molecule has 0 atom stereocenters. The first-order chi connectivity index (χ1) is 14.9. The highest BCUT2D eigenvalue weighted by Gasteiger charge is 2.12. The van der Waals surface area contributed by atoms with Crippen molar-refractivity contribution < 1.29 is 13.9 Å². The molecule has 4 rings (SSSR count). The minimum Gasteiger partial charge on any atom is -0.497 e. The average Bonchev–Trinajstić information content (AvgIpc) is 3.17. The molecule has 0 aliphatic heterocycles. The minimum absolute atomic E-state index is 0.208. The maximum atomic E-state index is 12.5. The molecular formula is C26H24N2O3. The van der Waals surface area contributed by atoms with Crippen LogP contribution in [-0.4, -0.2) is 18.0 Å². The first-order valence-corrected chi connectivity index (χ1v) is 10.0. The minimum atomic E-state index is -0.208. The predicted molar refractivity (Wildman–Crippen MR) is 124 cm³/mol. The first-order valence-electron chi connectivity index (χ1n) is 10.0. The van der Waals surface area contributed by atoms with Crippen molar-refractivity contribution in [2.75, 3.05) is 12.4 Å². The molecular weight excluding hydrogens is 388 g/mol. The smallest absolute Gasteiger partial charge is 0.248 e. The van der Waals surface area contributed by atoms with E-state index in [9.17, 15) is 4.79 Å². The number of fused-ring (bicyclic) bond motifs is 1. The van der Waals surface area contributed by atoms with Gasteiger partial charge < -0.3 is 14.5 Å². The highest BCUT2D eigenvalue weighted by molar-refractivity contribution is 6.02. The van der Waals surface area contributed by atoms with Crippen LogP contribution < -0.4 is 10.1 Å². The second kappa shape index (κ2) is 8.48. The van der Waals surface area contributed by atoms with Gasteiger partial charge in [-0.2, -0.15) is 0 Å². The molecule has 5 nitrogen and oxygen atoms in total. The zero-order valence-corrected chi connectivity index (χ0v) is 18.0. The fraction of sp³-hybridized carbons (Fsp3) is 0.154. The molecule has 156 valence electrons. The van der Waals surface area contributed by atoms with E-state index in [1.807, 2.05) is 61.5 Å². The molecule has 0 fully saturated rings. The van der Waals surface area contributed by atoms with Gasteiger partial charge in [0.05, 0.1) is 7.11 Å². The van der Waals surface area contributed by atoms with E-state index in [-0.39, 0.29) is 5.91 Å². The number of oxazole rings is 1. The van der Waals surface area contributed by atoms with Crippen molar-refractivity contribution >= 4 is 28.8 Å². The van der Waals surface area contributed by atoms with Crippen molar-refractivity contribution in [3.8, 4) is 17.2 Å². The van der Waals surface area contributed by atoms with Crippen LogP contribution in [0.2, 0.25) is 0 Å². The Kier molecular flexibility index (Phi) is 5.58. The summed E-state index contributed by atoms with van der Waals surface area (Å²) in [5.41, 5.74) is 7.32. The number of hydrogen-bond donors (Lipinski definition) is 1. The number of nitrogens with zero attached hydrogens (tertiary/aromatic N) is 1. The molecule has 0 unspecified atom stereocenters. The summed E-state index contributed by atoms with van der Waals surface area (Å²) in [7, 11) is 1.62. The van der Waals surface area contributed by atoms with Gasteiger partial charge in [0.15, 0.2) is 5.58 Å². The number of carbonyl (C=O) groups is 1. The third-order valence-corrected chi connectivity index (χ3v) is 5.29. The van der Waals surface area contributed by atoms with Crippen LogP contribution in [0.25, 0.3) is 28.6 Å². The summed E-state index contributed by atoms with van der Waals surface area (Å²) < 4.78 is 11.1. The van der Waals surface area contributed by atoms with Crippen molar-refractivity contribution in [3.05, 3.63) is 82.9 Å². The van der Waals surface area contributed by atoms with Gasteiger partial charge in [0.1, 0.15) is 11.3 Å². The van der Waals surface area contributed by atoms with Crippen LogP contribution in [0.5, 0.6) is 5.75 Å². The van der Waals surface area contributed by atoms with Crippen LogP contribution in [0.15, 0.2) is 65.1 Å². The second-order valence-corrected chi connectivity index (χ2v) is 7.55.